The highest BCUT2D eigenvalue weighted by Crippen LogP contribution is 2.35. The third-order valence-corrected chi connectivity index (χ3v) is 2.29. The first-order valence-corrected chi connectivity index (χ1v) is 3.94. The molecule has 1 rings (SSSR count). The number of nitrogens with two attached hydrogens (primary N) is 1. The Morgan fingerprint density at radius 2 is 2.00 bits per heavy atom. The number of quaternary nitrogens is 1. The minimum absolute atomic E-state index is 0.501. The lowest BCUT2D eigenvalue weighted by Crippen LogP contribution is -2.91. The number of hydrogen-bond donors (Lipinski definition) is 1. The van der Waals surface area contributed by atoms with Crippen LogP contribution in [0.1, 0.15) is 33.1 Å². The van der Waals surface area contributed by atoms with E-state index in [1.807, 2.05) is 0 Å². The molecule has 0 aromatic rings. The summed E-state index contributed by atoms with van der Waals surface area (Å²) in [7, 11) is 2.17. The minimum Gasteiger partial charge on any atom is -0.344 e. The van der Waals surface area contributed by atoms with Crippen molar-refractivity contribution in [3.8, 4) is 0 Å². The molecule has 1 fully saturated rings. The van der Waals surface area contributed by atoms with Gasteiger partial charge in [-0.3, -0.25) is 0 Å². The average Bonchev–Trinajstić information content (AvgIpc) is 2.50. The van der Waals surface area contributed by atoms with Gasteiger partial charge < -0.3 is 5.32 Å². The third-order valence-electron chi connectivity index (χ3n) is 2.29. The van der Waals surface area contributed by atoms with Gasteiger partial charge in [0.1, 0.15) is 0 Å². The van der Waals surface area contributed by atoms with Gasteiger partial charge in [-0.2, -0.15) is 0 Å². The molecule has 0 aromatic heterocycles. The summed E-state index contributed by atoms with van der Waals surface area (Å²) < 4.78 is 0. The molecule has 54 valence electrons. The normalized spacial score (nSPS) is 20.3. The summed E-state index contributed by atoms with van der Waals surface area (Å²) in [6.07, 6.45) is 4.37. The molecule has 0 aromatic carbocycles. The van der Waals surface area contributed by atoms with E-state index in [0.29, 0.717) is 5.54 Å². The molecule has 0 amide bonds. The van der Waals surface area contributed by atoms with Crippen molar-refractivity contribution < 1.29 is 5.32 Å². The predicted molar refractivity (Wildman–Crippen MR) is 39.3 cm³/mol. The second kappa shape index (κ2) is 2.30. The molecule has 0 heterocycles. The van der Waals surface area contributed by atoms with Gasteiger partial charge >= 0.3 is 0 Å². The average molecular weight is 128 g/mol. The maximum Gasteiger partial charge on any atom is 0.0905 e. The molecule has 0 aliphatic heterocycles. The molecular formula is C8H18N+. The molecule has 1 nitrogen and oxygen atoms in total. The molecule has 0 radical (unpaired) electrons. The maximum absolute atomic E-state index is 2.32. The summed E-state index contributed by atoms with van der Waals surface area (Å²) in [4.78, 5) is 0. The van der Waals surface area contributed by atoms with E-state index in [1.165, 1.54) is 19.3 Å². The van der Waals surface area contributed by atoms with Crippen molar-refractivity contribution in [2.24, 2.45) is 5.92 Å². The fourth-order valence-corrected chi connectivity index (χ4v) is 1.18. The van der Waals surface area contributed by atoms with E-state index in [0.717, 1.165) is 5.92 Å². The predicted octanol–water partition coefficient (Wildman–Crippen LogP) is 0.758. The SMILES string of the molecule is C[NH2+]C(C)(C)CC1CC1. The molecular weight excluding hydrogens is 110 g/mol. The maximum atomic E-state index is 2.32. The fourth-order valence-electron chi connectivity index (χ4n) is 1.18. The van der Waals surface area contributed by atoms with Gasteiger partial charge in [-0.25, -0.2) is 0 Å². The molecule has 1 heteroatoms. The Balaban J connectivity index is 2.21. The third kappa shape index (κ3) is 2.35. The van der Waals surface area contributed by atoms with Crippen molar-refractivity contribution >= 4 is 0 Å². The van der Waals surface area contributed by atoms with Crippen LogP contribution in [0.15, 0.2) is 0 Å². The van der Waals surface area contributed by atoms with E-state index in [4.69, 9.17) is 0 Å². The zero-order chi connectivity index (χ0) is 6.91. The van der Waals surface area contributed by atoms with Crippen LogP contribution in [0, 0.1) is 5.92 Å². The Labute approximate surface area is 57.8 Å². The Hall–Kier alpha value is -0.0400. The fraction of sp³-hybridized carbons (Fsp3) is 1.00. The molecule has 0 bridgehead atoms. The molecule has 1 aliphatic rings. The Morgan fingerprint density at radius 1 is 1.44 bits per heavy atom. The molecule has 1 saturated carbocycles. The van der Waals surface area contributed by atoms with Gasteiger partial charge in [0, 0.05) is 6.42 Å². The van der Waals surface area contributed by atoms with Crippen LogP contribution >= 0.6 is 0 Å². The number of rotatable bonds is 3. The smallest absolute Gasteiger partial charge is 0.0905 e. The lowest BCUT2D eigenvalue weighted by Gasteiger charge is -2.19. The lowest BCUT2D eigenvalue weighted by atomic mass is 9.98. The van der Waals surface area contributed by atoms with Crippen LogP contribution in [0.3, 0.4) is 0 Å². The van der Waals surface area contributed by atoms with Gasteiger partial charge in [0.05, 0.1) is 12.6 Å². The lowest BCUT2D eigenvalue weighted by molar-refractivity contribution is -0.697. The second-order valence-electron chi connectivity index (χ2n) is 3.92. The summed E-state index contributed by atoms with van der Waals surface area (Å²) in [5, 5.41) is 2.32. The van der Waals surface area contributed by atoms with Crippen LogP contribution in [-0.4, -0.2) is 12.6 Å². The Morgan fingerprint density at radius 3 is 2.33 bits per heavy atom. The molecule has 9 heavy (non-hydrogen) atoms. The highest BCUT2D eigenvalue weighted by molar-refractivity contribution is 4.80. The van der Waals surface area contributed by atoms with Gasteiger partial charge in [-0.15, -0.1) is 0 Å². The van der Waals surface area contributed by atoms with Crippen LogP contribution < -0.4 is 5.32 Å². The monoisotopic (exact) mass is 128 g/mol. The molecule has 0 unspecified atom stereocenters. The largest absolute Gasteiger partial charge is 0.344 e. The van der Waals surface area contributed by atoms with E-state index in [2.05, 4.69) is 26.2 Å². The Kier molecular flexibility index (Phi) is 1.80. The van der Waals surface area contributed by atoms with E-state index < -0.39 is 0 Å². The van der Waals surface area contributed by atoms with Crippen molar-refractivity contribution in [1.82, 2.24) is 0 Å². The zero-order valence-corrected chi connectivity index (χ0v) is 6.78. The summed E-state index contributed by atoms with van der Waals surface area (Å²) in [5.41, 5.74) is 0.501. The first-order valence-electron chi connectivity index (χ1n) is 3.94. The Bertz CT molecular complexity index is 92.7. The molecule has 2 N–H and O–H groups in total. The van der Waals surface area contributed by atoms with E-state index in [-0.39, 0.29) is 0 Å². The second-order valence-corrected chi connectivity index (χ2v) is 3.92. The molecule has 0 saturated heterocycles. The highest BCUT2D eigenvalue weighted by atomic mass is 14.9. The number of hydrogen-bond acceptors (Lipinski definition) is 0. The van der Waals surface area contributed by atoms with Crippen molar-refractivity contribution in [3.05, 3.63) is 0 Å². The quantitative estimate of drug-likeness (QED) is 0.578. The van der Waals surface area contributed by atoms with Crippen molar-refractivity contribution in [2.75, 3.05) is 7.05 Å². The van der Waals surface area contributed by atoms with Crippen molar-refractivity contribution in [2.45, 2.75) is 38.6 Å². The topological polar surface area (TPSA) is 16.6 Å². The van der Waals surface area contributed by atoms with E-state index in [1.54, 1.807) is 0 Å². The van der Waals surface area contributed by atoms with Gasteiger partial charge in [0.2, 0.25) is 0 Å². The minimum atomic E-state index is 0.501. The highest BCUT2D eigenvalue weighted by Gasteiger charge is 2.30. The molecule has 0 atom stereocenters. The van der Waals surface area contributed by atoms with Crippen molar-refractivity contribution in [3.63, 3.8) is 0 Å². The van der Waals surface area contributed by atoms with E-state index >= 15 is 0 Å². The van der Waals surface area contributed by atoms with Gasteiger partial charge in [-0.05, 0) is 32.6 Å². The van der Waals surface area contributed by atoms with Crippen LogP contribution in [0.5, 0.6) is 0 Å². The summed E-state index contributed by atoms with van der Waals surface area (Å²) in [5.74, 6) is 1.07. The van der Waals surface area contributed by atoms with Crippen LogP contribution in [-0.2, 0) is 0 Å². The summed E-state index contributed by atoms with van der Waals surface area (Å²) in [6.45, 7) is 4.65. The molecule has 1 aliphatic carbocycles. The van der Waals surface area contributed by atoms with Gasteiger partial charge in [0.25, 0.3) is 0 Å². The van der Waals surface area contributed by atoms with Crippen molar-refractivity contribution in [1.29, 1.82) is 0 Å². The first-order chi connectivity index (χ1) is 4.14. The zero-order valence-electron chi connectivity index (χ0n) is 6.78. The summed E-state index contributed by atoms with van der Waals surface area (Å²) in [6, 6.07) is 0. The van der Waals surface area contributed by atoms with E-state index in [9.17, 15) is 0 Å². The summed E-state index contributed by atoms with van der Waals surface area (Å²) >= 11 is 0. The van der Waals surface area contributed by atoms with Crippen LogP contribution in [0.4, 0.5) is 0 Å². The van der Waals surface area contributed by atoms with Crippen LogP contribution in [0.25, 0.3) is 0 Å². The van der Waals surface area contributed by atoms with Crippen LogP contribution in [0.2, 0.25) is 0 Å². The van der Waals surface area contributed by atoms with Gasteiger partial charge in [0.15, 0.2) is 0 Å². The first kappa shape index (κ1) is 7.07. The standard InChI is InChI=1S/C8H17N/c1-8(2,9-3)6-7-4-5-7/h7,9H,4-6H2,1-3H3/p+1. The van der Waals surface area contributed by atoms with Gasteiger partial charge in [-0.1, -0.05) is 0 Å². The molecule has 0 spiro atoms.